The van der Waals surface area contributed by atoms with Gasteiger partial charge in [0.1, 0.15) is 72.2 Å². The number of nitrogens with zero attached hydrogens (tertiary/aromatic N) is 6. The van der Waals surface area contributed by atoms with Gasteiger partial charge in [0.25, 0.3) is 0 Å². The van der Waals surface area contributed by atoms with Crippen LogP contribution in [-0.4, -0.2) is 110 Å². The normalized spacial score (nSPS) is 31.6. The van der Waals surface area contributed by atoms with Crippen molar-refractivity contribution in [3.8, 4) is 11.4 Å². The molecule has 0 saturated carbocycles. The van der Waals surface area contributed by atoms with Crippen molar-refractivity contribution in [3.63, 3.8) is 0 Å². The summed E-state index contributed by atoms with van der Waals surface area (Å²) in [6.07, 6.45) is -7.87. The number of hydrogen-bond acceptors (Lipinski definition) is 14. The van der Waals surface area contributed by atoms with E-state index in [9.17, 15) is 30.6 Å². The maximum Gasteiger partial charge on any atom is 0.165 e. The molecule has 38 heavy (non-hydrogen) atoms. The van der Waals surface area contributed by atoms with Crippen molar-refractivity contribution in [2.24, 2.45) is 0 Å². The second kappa shape index (κ2) is 9.07. The molecule has 6 heterocycles. The number of ether oxygens (including phenoxy) is 2. The van der Waals surface area contributed by atoms with Crippen LogP contribution in [0, 0.1) is 0 Å². The van der Waals surface area contributed by atoms with Gasteiger partial charge in [-0.25, -0.2) is 19.9 Å². The zero-order chi connectivity index (χ0) is 26.9. The molecule has 2 saturated heterocycles. The first-order valence-electron chi connectivity index (χ1n) is 11.7. The van der Waals surface area contributed by atoms with E-state index in [1.54, 1.807) is 12.1 Å². The van der Waals surface area contributed by atoms with E-state index in [1.165, 1.54) is 21.8 Å². The van der Waals surface area contributed by atoms with E-state index < -0.39 is 62.3 Å². The zero-order valence-electron chi connectivity index (χ0n) is 19.7. The minimum Gasteiger partial charge on any atom is -0.394 e. The van der Waals surface area contributed by atoms with Crippen LogP contribution in [0.5, 0.6) is 0 Å². The van der Waals surface area contributed by atoms with E-state index >= 15 is 0 Å². The standard InChI is InChI=1S/C22H26N8O8/c23-17-7-1-9(29(19(7)27-5-25-17)21-15(35)13(33)11(3-31)37-21)10-2-8-18(24)26-6-28-20(8)30(10)22-16(36)14(34)12(4-32)38-22/h1-2,5-6,11-16,21-22,31-36H,3-4H2,(H2,23,25,27)(H2,24,26,28)/t11-,12-,13-,14-,15-,16-,21-,22-/m1/s1. The van der Waals surface area contributed by atoms with Crippen molar-refractivity contribution in [2.45, 2.75) is 49.1 Å². The van der Waals surface area contributed by atoms with Gasteiger partial charge in [0.05, 0.1) is 35.4 Å². The molecule has 0 aromatic carbocycles. The summed E-state index contributed by atoms with van der Waals surface area (Å²) in [5, 5.41) is 62.8. The zero-order valence-corrected chi connectivity index (χ0v) is 19.7. The fourth-order valence-electron chi connectivity index (χ4n) is 5.20. The van der Waals surface area contributed by atoms with E-state index in [4.69, 9.17) is 20.9 Å². The maximum atomic E-state index is 10.9. The Kier molecular flexibility index (Phi) is 5.93. The topological polar surface area (TPSA) is 253 Å². The Morgan fingerprint density at radius 1 is 0.658 bits per heavy atom. The Bertz CT molecular complexity index is 1400. The molecule has 4 aromatic rings. The number of anilines is 2. The first-order valence-corrected chi connectivity index (χ1v) is 11.7. The predicted molar refractivity (Wildman–Crippen MR) is 129 cm³/mol. The quantitative estimate of drug-likeness (QED) is 0.130. The van der Waals surface area contributed by atoms with Crippen LogP contribution in [-0.2, 0) is 9.47 Å². The first kappa shape index (κ1) is 24.8. The van der Waals surface area contributed by atoms with Crippen molar-refractivity contribution in [1.82, 2.24) is 29.1 Å². The number of nitrogen functional groups attached to an aromatic ring is 2. The highest BCUT2D eigenvalue weighted by Crippen LogP contribution is 2.43. The van der Waals surface area contributed by atoms with Gasteiger partial charge in [-0.3, -0.25) is 9.13 Å². The monoisotopic (exact) mass is 530 g/mol. The SMILES string of the molecule is Nc1ncnc2c1cc(-c1cc3c(N)ncnc3n1[C@@H]1O[C@H](CO)[C@@H](O)[C@H]1O)n2[C@@H]1O[C@H](CO)[C@@H](O)[C@H]1O. The van der Waals surface area contributed by atoms with Gasteiger partial charge in [-0.1, -0.05) is 0 Å². The molecule has 16 nitrogen and oxygen atoms in total. The number of nitrogens with two attached hydrogens (primary N) is 2. The van der Waals surface area contributed by atoms with Gasteiger partial charge in [-0.15, -0.1) is 0 Å². The van der Waals surface area contributed by atoms with Crippen molar-refractivity contribution < 1.29 is 40.1 Å². The Balaban J connectivity index is 1.64. The molecule has 10 N–H and O–H groups in total. The third-order valence-corrected chi connectivity index (χ3v) is 7.13. The Morgan fingerprint density at radius 3 is 1.39 bits per heavy atom. The summed E-state index contributed by atoms with van der Waals surface area (Å²) in [6, 6.07) is 3.24. The third kappa shape index (κ3) is 3.47. The smallest absolute Gasteiger partial charge is 0.165 e. The van der Waals surface area contributed by atoms with Crippen LogP contribution < -0.4 is 11.5 Å². The van der Waals surface area contributed by atoms with Gasteiger partial charge in [0.15, 0.2) is 12.5 Å². The van der Waals surface area contributed by atoms with Crippen molar-refractivity contribution in [2.75, 3.05) is 24.7 Å². The highest BCUT2D eigenvalue weighted by atomic mass is 16.6. The fraction of sp³-hybridized carbons (Fsp3) is 0.455. The molecule has 0 spiro atoms. The number of hydrogen-bond donors (Lipinski definition) is 8. The van der Waals surface area contributed by atoms with Gasteiger partial charge in [0, 0.05) is 0 Å². The molecule has 2 aliphatic heterocycles. The molecule has 0 unspecified atom stereocenters. The summed E-state index contributed by atoms with van der Waals surface area (Å²) in [5.41, 5.74) is 13.4. The lowest BCUT2D eigenvalue weighted by Gasteiger charge is -2.24. The lowest BCUT2D eigenvalue weighted by atomic mass is 10.1. The van der Waals surface area contributed by atoms with Crippen LogP contribution in [0.1, 0.15) is 12.5 Å². The number of fused-ring (bicyclic) bond motifs is 2. The second-order valence-corrected chi connectivity index (χ2v) is 9.25. The second-order valence-electron chi connectivity index (χ2n) is 9.25. The summed E-state index contributed by atoms with van der Waals surface area (Å²) < 4.78 is 14.6. The van der Waals surface area contributed by atoms with Crippen LogP contribution in [0.15, 0.2) is 24.8 Å². The molecule has 2 aliphatic rings. The Hall–Kier alpha value is -3.48. The number of rotatable bonds is 5. The minimum absolute atomic E-state index is 0.122. The molecule has 6 rings (SSSR count). The molecule has 4 aromatic heterocycles. The van der Waals surface area contributed by atoms with Crippen LogP contribution >= 0.6 is 0 Å². The molecular weight excluding hydrogens is 504 g/mol. The summed E-state index contributed by atoms with van der Waals surface area (Å²) in [5.74, 6) is 0.244. The van der Waals surface area contributed by atoms with Gasteiger partial charge in [0.2, 0.25) is 0 Å². The number of aliphatic hydroxyl groups excluding tert-OH is 6. The largest absolute Gasteiger partial charge is 0.394 e. The highest BCUT2D eigenvalue weighted by molar-refractivity contribution is 5.95. The molecule has 0 radical (unpaired) electrons. The first-order chi connectivity index (χ1) is 18.3. The Labute approximate surface area is 213 Å². The summed E-state index contributed by atoms with van der Waals surface area (Å²) >= 11 is 0. The van der Waals surface area contributed by atoms with E-state index in [1.807, 2.05) is 0 Å². The fourth-order valence-corrected chi connectivity index (χ4v) is 5.20. The Morgan fingerprint density at radius 2 is 1.05 bits per heavy atom. The lowest BCUT2D eigenvalue weighted by Crippen LogP contribution is -2.33. The summed E-state index contributed by atoms with van der Waals surface area (Å²) in [4.78, 5) is 16.7. The van der Waals surface area contributed by atoms with Gasteiger partial charge < -0.3 is 51.6 Å². The molecule has 202 valence electrons. The van der Waals surface area contributed by atoms with Crippen molar-refractivity contribution in [3.05, 3.63) is 24.8 Å². The van der Waals surface area contributed by atoms with E-state index in [0.717, 1.165) is 0 Å². The van der Waals surface area contributed by atoms with Gasteiger partial charge in [-0.05, 0) is 12.1 Å². The molecule has 0 aliphatic carbocycles. The third-order valence-electron chi connectivity index (χ3n) is 7.13. The van der Waals surface area contributed by atoms with Crippen molar-refractivity contribution >= 4 is 33.7 Å². The van der Waals surface area contributed by atoms with Crippen LogP contribution in [0.25, 0.3) is 33.5 Å². The molecule has 8 atom stereocenters. The molecular formula is C22H26N8O8. The van der Waals surface area contributed by atoms with E-state index in [-0.39, 0.29) is 22.9 Å². The molecule has 2 fully saturated rings. The van der Waals surface area contributed by atoms with Gasteiger partial charge >= 0.3 is 0 Å². The van der Waals surface area contributed by atoms with Crippen LogP contribution in [0.3, 0.4) is 0 Å². The van der Waals surface area contributed by atoms with Crippen molar-refractivity contribution in [1.29, 1.82) is 0 Å². The summed E-state index contributed by atoms with van der Waals surface area (Å²) in [6.45, 7) is -1.09. The summed E-state index contributed by atoms with van der Waals surface area (Å²) in [7, 11) is 0. The van der Waals surface area contributed by atoms with E-state index in [0.29, 0.717) is 22.2 Å². The highest BCUT2D eigenvalue weighted by Gasteiger charge is 2.47. The molecule has 0 bridgehead atoms. The molecule has 16 heteroatoms. The average molecular weight is 530 g/mol. The molecule has 0 amide bonds. The number of aromatic nitrogens is 6. The predicted octanol–water partition coefficient (Wildman–Crippen LogP) is -2.77. The van der Waals surface area contributed by atoms with Gasteiger partial charge in [-0.2, -0.15) is 0 Å². The number of aliphatic hydroxyl groups is 6. The minimum atomic E-state index is -1.46. The maximum absolute atomic E-state index is 10.9. The lowest BCUT2D eigenvalue weighted by molar-refractivity contribution is -0.0524. The average Bonchev–Trinajstić information content (AvgIpc) is 3.63. The van der Waals surface area contributed by atoms with Crippen LogP contribution in [0.2, 0.25) is 0 Å². The van der Waals surface area contributed by atoms with E-state index in [2.05, 4.69) is 19.9 Å². The van der Waals surface area contributed by atoms with Crippen LogP contribution in [0.4, 0.5) is 11.6 Å².